The van der Waals surface area contributed by atoms with Crippen LogP contribution in [0, 0.1) is 5.92 Å². The summed E-state index contributed by atoms with van der Waals surface area (Å²) in [5, 5.41) is 1.03. The molecule has 0 bridgehead atoms. The van der Waals surface area contributed by atoms with Crippen molar-refractivity contribution in [3.05, 3.63) is 42.1 Å². The van der Waals surface area contributed by atoms with Crippen molar-refractivity contribution in [2.24, 2.45) is 5.92 Å². The van der Waals surface area contributed by atoms with E-state index in [1.165, 1.54) is 0 Å². The first-order chi connectivity index (χ1) is 7.66. The molecule has 2 nitrogen and oxygen atoms in total. The van der Waals surface area contributed by atoms with Gasteiger partial charge in [-0.1, -0.05) is 32.0 Å². The molecule has 0 saturated heterocycles. The molecule has 0 aliphatic carbocycles. The van der Waals surface area contributed by atoms with Crippen LogP contribution in [0.2, 0.25) is 0 Å². The van der Waals surface area contributed by atoms with Gasteiger partial charge in [-0.2, -0.15) is 0 Å². The van der Waals surface area contributed by atoms with E-state index >= 15 is 0 Å². The molecule has 0 fully saturated rings. The topological polar surface area (TPSA) is 30.0 Å². The molecule has 0 amide bonds. The van der Waals surface area contributed by atoms with Crippen LogP contribution in [0.3, 0.4) is 0 Å². The van der Waals surface area contributed by atoms with E-state index in [2.05, 4.69) is 4.98 Å². The van der Waals surface area contributed by atoms with Gasteiger partial charge in [0.1, 0.15) is 0 Å². The van der Waals surface area contributed by atoms with Gasteiger partial charge in [-0.3, -0.25) is 9.78 Å². The van der Waals surface area contributed by atoms with Gasteiger partial charge in [0.2, 0.25) is 0 Å². The fraction of sp³-hybridized carbons (Fsp3) is 0.286. The number of aromatic nitrogens is 1. The second-order valence-electron chi connectivity index (χ2n) is 4.44. The van der Waals surface area contributed by atoms with E-state index in [-0.39, 0.29) is 5.78 Å². The fourth-order valence-electron chi connectivity index (χ4n) is 1.71. The Morgan fingerprint density at radius 2 is 2.06 bits per heavy atom. The Kier molecular flexibility index (Phi) is 3.00. The maximum absolute atomic E-state index is 11.9. The third-order valence-corrected chi connectivity index (χ3v) is 2.51. The molecule has 0 unspecified atom stereocenters. The maximum Gasteiger partial charge on any atom is 0.164 e. The van der Waals surface area contributed by atoms with Crippen molar-refractivity contribution in [3.63, 3.8) is 0 Å². The smallest absolute Gasteiger partial charge is 0.164 e. The predicted molar refractivity (Wildman–Crippen MR) is 65.5 cm³/mol. The van der Waals surface area contributed by atoms with Crippen molar-refractivity contribution in [3.8, 4) is 0 Å². The number of para-hydroxylation sites is 1. The number of nitrogens with zero attached hydrogens (tertiary/aromatic N) is 1. The number of Topliss-reactive ketones (excluding diaryl/α,β-unsaturated/α-hetero) is 1. The van der Waals surface area contributed by atoms with E-state index in [9.17, 15) is 4.79 Å². The average molecular weight is 213 g/mol. The molecule has 82 valence electrons. The molecular formula is C14H15NO. The molecule has 0 spiro atoms. The molecule has 2 aromatic rings. The van der Waals surface area contributed by atoms with Crippen LogP contribution in [0.4, 0.5) is 0 Å². The van der Waals surface area contributed by atoms with E-state index in [1.807, 2.05) is 44.2 Å². The molecule has 2 rings (SSSR count). The van der Waals surface area contributed by atoms with Crippen LogP contribution in [0.5, 0.6) is 0 Å². The zero-order valence-electron chi connectivity index (χ0n) is 9.60. The highest BCUT2D eigenvalue weighted by Gasteiger charge is 2.09. The molecule has 1 aromatic carbocycles. The Balaban J connectivity index is 2.35. The molecule has 0 saturated carbocycles. The van der Waals surface area contributed by atoms with Gasteiger partial charge in [0.25, 0.3) is 0 Å². The first-order valence-electron chi connectivity index (χ1n) is 5.55. The molecule has 0 atom stereocenters. The number of rotatable bonds is 3. The van der Waals surface area contributed by atoms with Gasteiger partial charge in [-0.15, -0.1) is 0 Å². The van der Waals surface area contributed by atoms with Gasteiger partial charge >= 0.3 is 0 Å². The molecule has 0 aliphatic rings. The molecule has 16 heavy (non-hydrogen) atoms. The van der Waals surface area contributed by atoms with Crippen LogP contribution in [0.15, 0.2) is 36.5 Å². The van der Waals surface area contributed by atoms with Gasteiger partial charge < -0.3 is 0 Å². The maximum atomic E-state index is 11.9. The molecule has 1 aromatic heterocycles. The molecular weight excluding hydrogens is 198 g/mol. The summed E-state index contributed by atoms with van der Waals surface area (Å²) in [7, 11) is 0. The Bertz CT molecular complexity index is 517. The number of carbonyl (C=O) groups is 1. The molecule has 1 heterocycles. The van der Waals surface area contributed by atoms with E-state index < -0.39 is 0 Å². The van der Waals surface area contributed by atoms with Crippen molar-refractivity contribution >= 4 is 16.7 Å². The molecule has 0 aliphatic heterocycles. The van der Waals surface area contributed by atoms with Crippen LogP contribution in [-0.2, 0) is 0 Å². The van der Waals surface area contributed by atoms with Crippen molar-refractivity contribution in [2.45, 2.75) is 20.3 Å². The van der Waals surface area contributed by atoms with Crippen molar-refractivity contribution < 1.29 is 4.79 Å². The number of carbonyl (C=O) groups excluding carboxylic acids is 1. The second kappa shape index (κ2) is 4.44. The number of fused-ring (bicyclic) bond motifs is 1. The first-order valence-corrected chi connectivity index (χ1v) is 5.55. The lowest BCUT2D eigenvalue weighted by Crippen LogP contribution is -2.03. The minimum absolute atomic E-state index is 0.174. The average Bonchev–Trinajstić information content (AvgIpc) is 2.27. The summed E-state index contributed by atoms with van der Waals surface area (Å²) in [6.07, 6.45) is 2.26. The van der Waals surface area contributed by atoms with Gasteiger partial charge in [-0.05, 0) is 18.1 Å². The third kappa shape index (κ3) is 2.27. The Hall–Kier alpha value is -1.70. The minimum atomic E-state index is 0.174. The number of pyridine rings is 1. The van der Waals surface area contributed by atoms with E-state index in [1.54, 1.807) is 6.20 Å². The summed E-state index contributed by atoms with van der Waals surface area (Å²) < 4.78 is 0. The Morgan fingerprint density at radius 3 is 2.81 bits per heavy atom. The van der Waals surface area contributed by atoms with Gasteiger partial charge in [0.15, 0.2) is 5.78 Å². The largest absolute Gasteiger partial charge is 0.294 e. The SMILES string of the molecule is CC(C)CC(=O)c1cnc2ccccc2c1. The second-order valence-corrected chi connectivity index (χ2v) is 4.44. The highest BCUT2D eigenvalue weighted by molar-refractivity contribution is 5.98. The summed E-state index contributed by atoms with van der Waals surface area (Å²) in [5.41, 5.74) is 1.65. The van der Waals surface area contributed by atoms with Gasteiger partial charge in [-0.25, -0.2) is 0 Å². The van der Waals surface area contributed by atoms with Gasteiger partial charge in [0.05, 0.1) is 5.52 Å². The van der Waals surface area contributed by atoms with Crippen LogP contribution in [0.1, 0.15) is 30.6 Å². The van der Waals surface area contributed by atoms with Crippen LogP contribution in [0.25, 0.3) is 10.9 Å². The van der Waals surface area contributed by atoms with E-state index in [0.717, 1.165) is 10.9 Å². The van der Waals surface area contributed by atoms with Crippen molar-refractivity contribution in [1.82, 2.24) is 4.98 Å². The normalized spacial score (nSPS) is 10.9. The summed E-state index contributed by atoms with van der Waals surface area (Å²) in [5.74, 6) is 0.562. The van der Waals surface area contributed by atoms with Gasteiger partial charge in [0, 0.05) is 23.6 Å². The fourth-order valence-corrected chi connectivity index (χ4v) is 1.71. The van der Waals surface area contributed by atoms with E-state index in [0.29, 0.717) is 17.9 Å². The Labute approximate surface area is 95.3 Å². The zero-order chi connectivity index (χ0) is 11.5. The number of benzene rings is 1. The predicted octanol–water partition coefficient (Wildman–Crippen LogP) is 3.46. The molecule has 0 radical (unpaired) electrons. The third-order valence-electron chi connectivity index (χ3n) is 2.51. The Morgan fingerprint density at radius 1 is 1.31 bits per heavy atom. The lowest BCUT2D eigenvalue weighted by Gasteiger charge is -2.04. The highest BCUT2D eigenvalue weighted by atomic mass is 16.1. The van der Waals surface area contributed by atoms with Crippen LogP contribution in [-0.4, -0.2) is 10.8 Å². The number of ketones is 1. The standard InChI is InChI=1S/C14H15NO/c1-10(2)7-14(16)12-8-11-5-3-4-6-13(11)15-9-12/h3-6,8-10H,7H2,1-2H3. The molecule has 2 heteroatoms. The van der Waals surface area contributed by atoms with Crippen LogP contribution >= 0.6 is 0 Å². The quantitative estimate of drug-likeness (QED) is 0.731. The summed E-state index contributed by atoms with van der Waals surface area (Å²) in [6, 6.07) is 9.76. The van der Waals surface area contributed by atoms with E-state index in [4.69, 9.17) is 0 Å². The highest BCUT2D eigenvalue weighted by Crippen LogP contribution is 2.15. The summed E-state index contributed by atoms with van der Waals surface area (Å²) in [4.78, 5) is 16.1. The van der Waals surface area contributed by atoms with Crippen LogP contribution < -0.4 is 0 Å². The lowest BCUT2D eigenvalue weighted by atomic mass is 10.0. The summed E-state index contributed by atoms with van der Waals surface area (Å²) >= 11 is 0. The van der Waals surface area contributed by atoms with Crippen molar-refractivity contribution in [2.75, 3.05) is 0 Å². The monoisotopic (exact) mass is 213 g/mol. The van der Waals surface area contributed by atoms with Crippen molar-refractivity contribution in [1.29, 1.82) is 0 Å². The minimum Gasteiger partial charge on any atom is -0.294 e. The lowest BCUT2D eigenvalue weighted by molar-refractivity contribution is 0.0967. The first kappa shape index (κ1) is 10.8. The molecule has 0 N–H and O–H groups in total. The number of hydrogen-bond donors (Lipinski definition) is 0. The summed E-state index contributed by atoms with van der Waals surface area (Å²) in [6.45, 7) is 4.10. The zero-order valence-corrected chi connectivity index (χ0v) is 9.60. The number of hydrogen-bond acceptors (Lipinski definition) is 2.